The number of aromatic carboxylic acids is 1. The predicted molar refractivity (Wildman–Crippen MR) is 127 cm³/mol. The van der Waals surface area contributed by atoms with E-state index in [-0.39, 0.29) is 17.2 Å². The van der Waals surface area contributed by atoms with E-state index in [4.69, 9.17) is 4.98 Å². The van der Waals surface area contributed by atoms with E-state index in [1.165, 1.54) is 23.7 Å². The second-order valence-corrected chi connectivity index (χ2v) is 8.92. The zero-order chi connectivity index (χ0) is 22.9. The van der Waals surface area contributed by atoms with Crippen LogP contribution >= 0.6 is 0 Å². The number of hydrogen-bond donors (Lipinski definition) is 3. The zero-order valence-electron chi connectivity index (χ0n) is 18.8. The molecule has 32 heavy (non-hydrogen) atoms. The first-order chi connectivity index (χ1) is 15.3. The molecule has 7 heteroatoms. The number of fused-ring (bicyclic) bond motifs is 1. The van der Waals surface area contributed by atoms with Crippen LogP contribution in [0.3, 0.4) is 0 Å². The van der Waals surface area contributed by atoms with Crippen LogP contribution in [0.2, 0.25) is 0 Å². The Balaban J connectivity index is 1.66. The summed E-state index contributed by atoms with van der Waals surface area (Å²) in [6.45, 7) is 6.83. The van der Waals surface area contributed by atoms with E-state index in [9.17, 15) is 14.7 Å². The van der Waals surface area contributed by atoms with E-state index in [1.54, 1.807) is 24.4 Å². The van der Waals surface area contributed by atoms with Gasteiger partial charge in [0.15, 0.2) is 0 Å². The highest BCUT2D eigenvalue weighted by atomic mass is 16.4. The molecule has 1 aliphatic carbocycles. The summed E-state index contributed by atoms with van der Waals surface area (Å²) in [5, 5.41) is 16.3. The van der Waals surface area contributed by atoms with Gasteiger partial charge in [-0.25, -0.2) is 9.78 Å². The largest absolute Gasteiger partial charge is 0.478 e. The smallest absolute Gasteiger partial charge is 0.337 e. The SMILES string of the molecule is CCC1(CNc2cc(=O)n3cccc(C(C)Nc4ccc(C)cc4C(=O)O)c3n2)CCC1. The normalized spacial score (nSPS) is 15.7. The Morgan fingerprint density at radius 1 is 1.28 bits per heavy atom. The van der Waals surface area contributed by atoms with Crippen molar-refractivity contribution in [2.75, 3.05) is 17.2 Å². The molecule has 1 saturated carbocycles. The van der Waals surface area contributed by atoms with Crippen molar-refractivity contribution in [3.05, 3.63) is 69.6 Å². The number of carboxylic acids is 1. The first kappa shape index (κ1) is 21.9. The minimum Gasteiger partial charge on any atom is -0.478 e. The fourth-order valence-electron chi connectivity index (χ4n) is 4.46. The summed E-state index contributed by atoms with van der Waals surface area (Å²) >= 11 is 0. The number of anilines is 2. The Hall–Kier alpha value is -3.35. The maximum absolute atomic E-state index is 12.8. The minimum absolute atomic E-state index is 0.146. The van der Waals surface area contributed by atoms with Gasteiger partial charge in [-0.15, -0.1) is 0 Å². The Labute approximate surface area is 187 Å². The molecule has 3 aromatic rings. The van der Waals surface area contributed by atoms with Crippen LogP contribution in [0, 0.1) is 12.3 Å². The molecule has 1 atom stereocenters. The van der Waals surface area contributed by atoms with Gasteiger partial charge in [-0.3, -0.25) is 9.20 Å². The van der Waals surface area contributed by atoms with Gasteiger partial charge in [-0.1, -0.05) is 31.0 Å². The predicted octanol–water partition coefficient (Wildman–Crippen LogP) is 4.87. The first-order valence-electron chi connectivity index (χ1n) is 11.2. The average Bonchev–Trinajstić information content (AvgIpc) is 2.74. The summed E-state index contributed by atoms with van der Waals surface area (Å²) in [6.07, 6.45) is 6.49. The summed E-state index contributed by atoms with van der Waals surface area (Å²) in [4.78, 5) is 29.2. The zero-order valence-corrected chi connectivity index (χ0v) is 18.8. The van der Waals surface area contributed by atoms with Crippen molar-refractivity contribution >= 4 is 23.1 Å². The van der Waals surface area contributed by atoms with Crippen molar-refractivity contribution in [1.82, 2.24) is 9.38 Å². The molecule has 3 N–H and O–H groups in total. The number of nitrogens with one attached hydrogen (secondary N) is 2. The summed E-state index contributed by atoms with van der Waals surface area (Å²) in [7, 11) is 0. The maximum atomic E-state index is 12.8. The van der Waals surface area contributed by atoms with Crippen molar-refractivity contribution in [3.63, 3.8) is 0 Å². The Bertz CT molecular complexity index is 1210. The Morgan fingerprint density at radius 2 is 2.06 bits per heavy atom. The molecule has 0 saturated heterocycles. The van der Waals surface area contributed by atoms with Crippen molar-refractivity contribution in [1.29, 1.82) is 0 Å². The van der Waals surface area contributed by atoms with E-state index < -0.39 is 5.97 Å². The van der Waals surface area contributed by atoms with Crippen molar-refractivity contribution in [2.45, 2.75) is 52.5 Å². The van der Waals surface area contributed by atoms with Crippen LogP contribution in [0.4, 0.5) is 11.5 Å². The number of pyridine rings is 1. The topological polar surface area (TPSA) is 95.7 Å². The van der Waals surface area contributed by atoms with Gasteiger partial charge in [-0.05, 0) is 56.7 Å². The minimum atomic E-state index is -0.983. The Morgan fingerprint density at radius 3 is 2.72 bits per heavy atom. The lowest BCUT2D eigenvalue weighted by atomic mass is 9.67. The quantitative estimate of drug-likeness (QED) is 0.468. The fourth-order valence-corrected chi connectivity index (χ4v) is 4.46. The van der Waals surface area contributed by atoms with Gasteiger partial charge in [0, 0.05) is 30.1 Å². The molecule has 1 aliphatic rings. The lowest BCUT2D eigenvalue weighted by Gasteiger charge is -2.41. The van der Waals surface area contributed by atoms with Crippen LogP contribution in [-0.4, -0.2) is 27.0 Å². The van der Waals surface area contributed by atoms with Gasteiger partial charge >= 0.3 is 5.97 Å². The van der Waals surface area contributed by atoms with Crippen LogP contribution in [0.1, 0.15) is 67.1 Å². The Kier molecular flexibility index (Phi) is 5.91. The molecule has 2 heterocycles. The molecule has 0 aliphatic heterocycles. The molecule has 168 valence electrons. The molecule has 1 aromatic carbocycles. The molecule has 0 spiro atoms. The van der Waals surface area contributed by atoms with E-state index in [1.807, 2.05) is 32.0 Å². The van der Waals surface area contributed by atoms with Gasteiger partial charge < -0.3 is 15.7 Å². The van der Waals surface area contributed by atoms with Gasteiger partial charge in [0.05, 0.1) is 11.6 Å². The molecule has 4 rings (SSSR count). The lowest BCUT2D eigenvalue weighted by Crippen LogP contribution is -2.36. The third-order valence-electron chi connectivity index (χ3n) is 6.77. The molecule has 2 aromatic heterocycles. The molecule has 1 fully saturated rings. The summed E-state index contributed by atoms with van der Waals surface area (Å²) in [5.41, 5.74) is 3.17. The second kappa shape index (κ2) is 8.65. The van der Waals surface area contributed by atoms with Crippen molar-refractivity contribution in [2.24, 2.45) is 5.41 Å². The van der Waals surface area contributed by atoms with Crippen molar-refractivity contribution in [3.8, 4) is 0 Å². The van der Waals surface area contributed by atoms with E-state index in [2.05, 4.69) is 17.6 Å². The fraction of sp³-hybridized carbons (Fsp3) is 0.400. The monoisotopic (exact) mass is 434 g/mol. The molecule has 1 unspecified atom stereocenters. The highest BCUT2D eigenvalue weighted by Crippen LogP contribution is 2.43. The average molecular weight is 435 g/mol. The molecule has 0 bridgehead atoms. The van der Waals surface area contributed by atoms with Gasteiger partial charge in [-0.2, -0.15) is 0 Å². The number of hydrogen-bond acceptors (Lipinski definition) is 5. The first-order valence-corrected chi connectivity index (χ1v) is 11.2. The summed E-state index contributed by atoms with van der Waals surface area (Å²) in [6, 6.07) is 10.3. The maximum Gasteiger partial charge on any atom is 0.337 e. The lowest BCUT2D eigenvalue weighted by molar-refractivity contribution is 0.0697. The number of benzene rings is 1. The number of rotatable bonds is 8. The number of aryl methyl sites for hydroxylation is 1. The number of aromatic nitrogens is 2. The van der Waals surface area contributed by atoms with Crippen LogP contribution in [0.15, 0.2) is 47.4 Å². The molecular weight excluding hydrogens is 404 g/mol. The third-order valence-corrected chi connectivity index (χ3v) is 6.77. The number of carbonyl (C=O) groups is 1. The van der Waals surface area contributed by atoms with Gasteiger partial charge in [0.25, 0.3) is 5.56 Å². The summed E-state index contributed by atoms with van der Waals surface area (Å²) < 4.78 is 1.53. The van der Waals surface area contributed by atoms with Crippen LogP contribution in [0.25, 0.3) is 5.65 Å². The highest BCUT2D eigenvalue weighted by molar-refractivity contribution is 5.94. The number of carboxylic acid groups (broad SMARTS) is 1. The van der Waals surface area contributed by atoms with E-state index in [0.29, 0.717) is 22.6 Å². The highest BCUT2D eigenvalue weighted by Gasteiger charge is 2.34. The molecule has 0 radical (unpaired) electrons. The van der Waals surface area contributed by atoms with E-state index >= 15 is 0 Å². The van der Waals surface area contributed by atoms with Crippen molar-refractivity contribution < 1.29 is 9.90 Å². The van der Waals surface area contributed by atoms with Crippen LogP contribution < -0.4 is 16.2 Å². The second-order valence-electron chi connectivity index (χ2n) is 8.92. The van der Waals surface area contributed by atoms with Gasteiger partial charge in [0.2, 0.25) is 0 Å². The van der Waals surface area contributed by atoms with Crippen LogP contribution in [0.5, 0.6) is 0 Å². The molecule has 0 amide bonds. The molecular formula is C25H30N4O3. The standard InChI is InChI=1S/C25H30N4O3/c1-4-25(10-6-11-25)15-26-21-14-22(30)29-12-5-7-18(23(29)28-21)17(3)27-20-9-8-16(2)13-19(20)24(31)32/h5,7-9,12-14,17,26-27H,4,6,10-11,15H2,1-3H3,(H,31,32). The summed E-state index contributed by atoms with van der Waals surface area (Å²) in [5.74, 6) is -0.404. The van der Waals surface area contributed by atoms with E-state index in [0.717, 1.165) is 24.1 Å². The number of nitrogens with zero attached hydrogens (tertiary/aromatic N) is 2. The third kappa shape index (κ3) is 4.20. The molecule has 7 nitrogen and oxygen atoms in total. The van der Waals surface area contributed by atoms with Gasteiger partial charge in [0.1, 0.15) is 11.5 Å². The van der Waals surface area contributed by atoms with Crippen LogP contribution in [-0.2, 0) is 0 Å².